The van der Waals surface area contributed by atoms with Crippen LogP contribution < -0.4 is 10.5 Å². The Morgan fingerprint density at radius 3 is 2.50 bits per heavy atom. The maximum atomic E-state index is 11.9. The van der Waals surface area contributed by atoms with Crippen LogP contribution in [-0.2, 0) is 16.1 Å². The molecule has 98 valence electrons. The maximum absolute atomic E-state index is 11.9. The largest absolute Gasteiger partial charge is 0.497 e. The number of esters is 1. The minimum Gasteiger partial charge on any atom is -0.497 e. The van der Waals surface area contributed by atoms with E-state index in [4.69, 9.17) is 15.2 Å². The monoisotopic (exact) mass is 249 g/mol. The van der Waals surface area contributed by atoms with Crippen LogP contribution >= 0.6 is 0 Å². The fraction of sp³-hybridized carbons (Fsp3) is 0.500. The highest BCUT2D eigenvalue weighted by Gasteiger charge is 2.45. The lowest BCUT2D eigenvalue weighted by Crippen LogP contribution is -2.48. The van der Waals surface area contributed by atoms with E-state index in [1.165, 1.54) is 0 Å². The summed E-state index contributed by atoms with van der Waals surface area (Å²) in [7, 11) is 1.62. The minimum atomic E-state index is -0.841. The van der Waals surface area contributed by atoms with Gasteiger partial charge in [-0.15, -0.1) is 0 Å². The Kier molecular flexibility index (Phi) is 3.57. The molecule has 0 aliphatic heterocycles. The lowest BCUT2D eigenvalue weighted by atomic mass is 9.98. The highest BCUT2D eigenvalue weighted by Crippen LogP contribution is 2.38. The van der Waals surface area contributed by atoms with Crippen molar-refractivity contribution < 1.29 is 14.3 Å². The molecule has 0 heterocycles. The minimum absolute atomic E-state index is 0.252. The lowest BCUT2D eigenvalue weighted by molar-refractivity contribution is -0.151. The van der Waals surface area contributed by atoms with Crippen molar-refractivity contribution in [3.63, 3.8) is 0 Å². The average Bonchev–Trinajstić information content (AvgIpc) is 3.21. The van der Waals surface area contributed by atoms with E-state index in [9.17, 15) is 4.79 Å². The maximum Gasteiger partial charge on any atom is 0.326 e. The Labute approximate surface area is 107 Å². The van der Waals surface area contributed by atoms with Gasteiger partial charge in [0.25, 0.3) is 0 Å². The molecule has 1 aliphatic rings. The highest BCUT2D eigenvalue weighted by molar-refractivity contribution is 5.81. The van der Waals surface area contributed by atoms with Crippen molar-refractivity contribution in [3.05, 3.63) is 29.8 Å². The molecule has 1 aliphatic carbocycles. The fourth-order valence-electron chi connectivity index (χ4n) is 1.88. The summed E-state index contributed by atoms with van der Waals surface area (Å²) in [6.45, 7) is 2.00. The van der Waals surface area contributed by atoms with E-state index in [2.05, 4.69) is 0 Å². The molecule has 0 radical (unpaired) electrons. The summed E-state index contributed by atoms with van der Waals surface area (Å²) < 4.78 is 10.3. The highest BCUT2D eigenvalue weighted by atomic mass is 16.5. The third-order valence-electron chi connectivity index (χ3n) is 3.39. The number of carbonyl (C=O) groups is 1. The van der Waals surface area contributed by atoms with Crippen LogP contribution in [-0.4, -0.2) is 18.6 Å². The van der Waals surface area contributed by atoms with Gasteiger partial charge in [0.05, 0.1) is 7.11 Å². The predicted molar refractivity (Wildman–Crippen MR) is 68.1 cm³/mol. The Morgan fingerprint density at radius 2 is 2.00 bits per heavy atom. The number of methoxy groups -OCH3 is 1. The topological polar surface area (TPSA) is 61.5 Å². The molecular formula is C14H19NO3. The summed E-state index contributed by atoms with van der Waals surface area (Å²) >= 11 is 0. The first-order valence-corrected chi connectivity index (χ1v) is 6.13. The molecule has 0 amide bonds. The van der Waals surface area contributed by atoms with Crippen LogP contribution in [0.5, 0.6) is 5.75 Å². The molecule has 1 unspecified atom stereocenters. The first-order chi connectivity index (χ1) is 8.54. The predicted octanol–water partition coefficient (Wildman–Crippen LogP) is 1.87. The zero-order chi connectivity index (χ0) is 13.2. The first kappa shape index (κ1) is 12.9. The second-order valence-corrected chi connectivity index (χ2v) is 4.98. The van der Waals surface area contributed by atoms with E-state index in [1.54, 1.807) is 14.0 Å². The molecule has 0 aromatic heterocycles. The van der Waals surface area contributed by atoms with E-state index in [1.807, 2.05) is 24.3 Å². The van der Waals surface area contributed by atoms with Crippen molar-refractivity contribution in [2.24, 2.45) is 11.7 Å². The molecular weight excluding hydrogens is 230 g/mol. The van der Waals surface area contributed by atoms with Crippen molar-refractivity contribution in [2.75, 3.05) is 7.11 Å². The average molecular weight is 249 g/mol. The Hall–Kier alpha value is -1.55. The van der Waals surface area contributed by atoms with Crippen LogP contribution in [0.1, 0.15) is 25.3 Å². The molecule has 1 aromatic rings. The third kappa shape index (κ3) is 2.82. The molecule has 1 fully saturated rings. The van der Waals surface area contributed by atoms with Gasteiger partial charge in [-0.2, -0.15) is 0 Å². The number of hydrogen-bond donors (Lipinski definition) is 1. The summed E-state index contributed by atoms with van der Waals surface area (Å²) in [4.78, 5) is 11.9. The molecule has 0 saturated heterocycles. The molecule has 0 bridgehead atoms. The van der Waals surface area contributed by atoms with Crippen LogP contribution in [0.15, 0.2) is 24.3 Å². The molecule has 2 rings (SSSR count). The van der Waals surface area contributed by atoms with Gasteiger partial charge in [0.15, 0.2) is 0 Å². The number of carbonyl (C=O) groups excluding carboxylic acids is 1. The Balaban J connectivity index is 1.88. The van der Waals surface area contributed by atoms with Gasteiger partial charge in [-0.05, 0) is 43.4 Å². The number of rotatable bonds is 5. The number of benzene rings is 1. The molecule has 18 heavy (non-hydrogen) atoms. The summed E-state index contributed by atoms with van der Waals surface area (Å²) in [6, 6.07) is 7.42. The smallest absolute Gasteiger partial charge is 0.326 e. The molecule has 4 heteroatoms. The quantitative estimate of drug-likeness (QED) is 0.809. The summed E-state index contributed by atoms with van der Waals surface area (Å²) in [5.74, 6) is 0.744. The van der Waals surface area contributed by atoms with Crippen LogP contribution in [0.3, 0.4) is 0 Å². The zero-order valence-electron chi connectivity index (χ0n) is 10.8. The third-order valence-corrected chi connectivity index (χ3v) is 3.39. The van der Waals surface area contributed by atoms with E-state index in [-0.39, 0.29) is 18.5 Å². The molecule has 2 N–H and O–H groups in total. The van der Waals surface area contributed by atoms with Gasteiger partial charge in [0, 0.05) is 0 Å². The van der Waals surface area contributed by atoms with Crippen LogP contribution in [0.25, 0.3) is 0 Å². The van der Waals surface area contributed by atoms with Crippen molar-refractivity contribution in [3.8, 4) is 5.75 Å². The van der Waals surface area contributed by atoms with Gasteiger partial charge in [0.1, 0.15) is 17.9 Å². The van der Waals surface area contributed by atoms with Crippen LogP contribution in [0.2, 0.25) is 0 Å². The molecule has 1 aromatic carbocycles. The van der Waals surface area contributed by atoms with E-state index in [0.717, 1.165) is 24.2 Å². The normalized spacial score (nSPS) is 17.9. The molecule has 4 nitrogen and oxygen atoms in total. The van der Waals surface area contributed by atoms with E-state index < -0.39 is 5.54 Å². The molecule has 0 spiro atoms. The Morgan fingerprint density at radius 1 is 1.39 bits per heavy atom. The number of hydrogen-bond acceptors (Lipinski definition) is 4. The number of nitrogens with two attached hydrogens (primary N) is 1. The second kappa shape index (κ2) is 4.98. The van der Waals surface area contributed by atoms with E-state index >= 15 is 0 Å². The second-order valence-electron chi connectivity index (χ2n) is 4.98. The number of ether oxygens (including phenoxy) is 2. The first-order valence-electron chi connectivity index (χ1n) is 6.13. The van der Waals surface area contributed by atoms with Crippen LogP contribution in [0, 0.1) is 5.92 Å². The van der Waals surface area contributed by atoms with Crippen molar-refractivity contribution in [1.29, 1.82) is 0 Å². The van der Waals surface area contributed by atoms with Crippen molar-refractivity contribution >= 4 is 5.97 Å². The standard InChI is InChI=1S/C14H19NO3/c1-14(15,11-5-6-11)13(16)18-9-10-3-7-12(17-2)8-4-10/h3-4,7-8,11H,5-6,9,15H2,1-2H3. The van der Waals surface area contributed by atoms with Crippen LogP contribution in [0.4, 0.5) is 0 Å². The van der Waals surface area contributed by atoms with Gasteiger partial charge in [-0.3, -0.25) is 4.79 Å². The Bertz CT molecular complexity index is 421. The van der Waals surface area contributed by atoms with Gasteiger partial charge >= 0.3 is 5.97 Å². The lowest BCUT2D eigenvalue weighted by Gasteiger charge is -2.21. The SMILES string of the molecule is COc1ccc(COC(=O)C(C)(N)C2CC2)cc1. The van der Waals surface area contributed by atoms with Crippen molar-refractivity contribution in [2.45, 2.75) is 31.9 Å². The molecule has 1 saturated carbocycles. The summed E-state index contributed by atoms with van der Waals surface area (Å²) in [6.07, 6.45) is 2.04. The molecule has 1 atom stereocenters. The fourth-order valence-corrected chi connectivity index (χ4v) is 1.88. The summed E-state index contributed by atoms with van der Waals surface area (Å²) in [5.41, 5.74) is 6.07. The zero-order valence-corrected chi connectivity index (χ0v) is 10.8. The van der Waals surface area contributed by atoms with Gasteiger partial charge in [-0.1, -0.05) is 12.1 Å². The van der Waals surface area contributed by atoms with Gasteiger partial charge in [0.2, 0.25) is 0 Å². The van der Waals surface area contributed by atoms with Gasteiger partial charge in [-0.25, -0.2) is 0 Å². The summed E-state index contributed by atoms with van der Waals surface area (Å²) in [5, 5.41) is 0. The van der Waals surface area contributed by atoms with Crippen molar-refractivity contribution in [1.82, 2.24) is 0 Å². The van der Waals surface area contributed by atoms with Gasteiger partial charge < -0.3 is 15.2 Å². The van der Waals surface area contributed by atoms with E-state index in [0.29, 0.717) is 0 Å².